The van der Waals surface area contributed by atoms with Crippen molar-refractivity contribution < 1.29 is 14.3 Å². The van der Waals surface area contributed by atoms with Crippen LogP contribution in [0.2, 0.25) is 0 Å². The van der Waals surface area contributed by atoms with Crippen LogP contribution in [-0.2, 0) is 11.3 Å². The number of methoxy groups -OCH3 is 1. The summed E-state index contributed by atoms with van der Waals surface area (Å²) >= 11 is 0. The average Bonchev–Trinajstić information content (AvgIpc) is 2.83. The lowest BCUT2D eigenvalue weighted by Gasteiger charge is -2.38. The normalized spacial score (nSPS) is 13.7. The van der Waals surface area contributed by atoms with E-state index in [9.17, 15) is 9.59 Å². The fraction of sp³-hybridized carbons (Fsp3) is 0.348. The van der Waals surface area contributed by atoms with Gasteiger partial charge in [0.05, 0.1) is 19.3 Å². The van der Waals surface area contributed by atoms with Crippen LogP contribution >= 0.6 is 24.0 Å². The highest BCUT2D eigenvalue weighted by Crippen LogP contribution is 2.28. The summed E-state index contributed by atoms with van der Waals surface area (Å²) in [7, 11) is 3.47. The Morgan fingerprint density at radius 3 is 2.30 bits per heavy atom. The molecule has 2 aromatic rings. The molecule has 0 bridgehead atoms. The van der Waals surface area contributed by atoms with Crippen LogP contribution in [0.1, 0.15) is 15.9 Å². The first-order valence-corrected chi connectivity index (χ1v) is 10.5. The number of rotatable bonds is 7. The second-order valence-electron chi connectivity index (χ2n) is 7.39. The number of anilines is 1. The Labute approximate surface area is 211 Å². The molecule has 4 N–H and O–H groups in total. The summed E-state index contributed by atoms with van der Waals surface area (Å²) in [6, 6.07) is 15.3. The highest BCUT2D eigenvalue weighted by atomic mass is 127. The second-order valence-corrected chi connectivity index (χ2v) is 7.39. The Kier molecular flexibility index (Phi) is 10.2. The Morgan fingerprint density at radius 1 is 1.03 bits per heavy atom. The van der Waals surface area contributed by atoms with Gasteiger partial charge in [0, 0.05) is 45.3 Å². The van der Waals surface area contributed by atoms with E-state index in [2.05, 4.69) is 31.5 Å². The number of guanidine groups is 1. The zero-order chi connectivity index (χ0) is 22.9. The summed E-state index contributed by atoms with van der Waals surface area (Å²) in [6.45, 7) is 3.84. The molecule has 9 nitrogen and oxygen atoms in total. The van der Waals surface area contributed by atoms with Gasteiger partial charge >= 0.3 is 0 Å². The van der Waals surface area contributed by atoms with Crippen molar-refractivity contribution in [3.05, 3.63) is 59.7 Å². The van der Waals surface area contributed by atoms with Crippen molar-refractivity contribution in [1.82, 2.24) is 15.5 Å². The monoisotopic (exact) mass is 566 g/mol. The van der Waals surface area contributed by atoms with E-state index in [1.54, 1.807) is 26.3 Å². The molecule has 1 aliphatic rings. The van der Waals surface area contributed by atoms with Crippen molar-refractivity contribution in [2.75, 3.05) is 51.8 Å². The van der Waals surface area contributed by atoms with Crippen molar-refractivity contribution in [2.24, 2.45) is 10.7 Å². The molecule has 2 aromatic carbocycles. The minimum atomic E-state index is -0.575. The number of ether oxygens (including phenoxy) is 1. The number of carbonyl (C=O) groups excluding carboxylic acids is 2. The number of amides is 2. The van der Waals surface area contributed by atoms with E-state index < -0.39 is 5.91 Å². The topological polar surface area (TPSA) is 112 Å². The fourth-order valence-corrected chi connectivity index (χ4v) is 3.61. The van der Waals surface area contributed by atoms with Crippen LogP contribution in [0.25, 0.3) is 0 Å². The predicted molar refractivity (Wildman–Crippen MR) is 140 cm³/mol. The zero-order valence-electron chi connectivity index (χ0n) is 18.9. The molecule has 1 heterocycles. The number of nitrogens with two attached hydrogens (primary N) is 1. The van der Waals surface area contributed by atoms with Gasteiger partial charge in [-0.15, -0.1) is 24.0 Å². The Balaban J connectivity index is 0.00000385. The summed E-state index contributed by atoms with van der Waals surface area (Å²) in [5, 5.41) is 5.87. The number of piperazine rings is 1. The molecule has 10 heteroatoms. The number of para-hydroxylation sites is 2. The highest BCUT2D eigenvalue weighted by molar-refractivity contribution is 14.0. The Hall–Kier alpha value is -3.02. The van der Waals surface area contributed by atoms with Gasteiger partial charge in [-0.25, -0.2) is 0 Å². The van der Waals surface area contributed by atoms with Crippen LogP contribution in [-0.4, -0.2) is 69.6 Å². The van der Waals surface area contributed by atoms with E-state index >= 15 is 0 Å². The quantitative estimate of drug-likeness (QED) is 0.266. The first-order valence-electron chi connectivity index (χ1n) is 10.5. The fourth-order valence-electron chi connectivity index (χ4n) is 3.61. The number of hydrogen-bond donors (Lipinski definition) is 3. The van der Waals surface area contributed by atoms with Gasteiger partial charge < -0.3 is 30.9 Å². The van der Waals surface area contributed by atoms with Gasteiger partial charge in [-0.2, -0.15) is 0 Å². The van der Waals surface area contributed by atoms with E-state index in [0.29, 0.717) is 12.1 Å². The third-order valence-corrected chi connectivity index (χ3v) is 5.31. The van der Waals surface area contributed by atoms with E-state index in [1.165, 1.54) is 0 Å². The Morgan fingerprint density at radius 2 is 1.70 bits per heavy atom. The lowest BCUT2D eigenvalue weighted by Crippen LogP contribution is -2.52. The summed E-state index contributed by atoms with van der Waals surface area (Å²) in [5.74, 6) is 0.824. The minimum Gasteiger partial charge on any atom is -0.495 e. The molecule has 0 aromatic heterocycles. The van der Waals surface area contributed by atoms with Crippen molar-refractivity contribution in [3.63, 3.8) is 0 Å². The smallest absolute Gasteiger partial charge is 0.251 e. The van der Waals surface area contributed by atoms with Crippen LogP contribution in [0, 0.1) is 0 Å². The molecular weight excluding hydrogens is 535 g/mol. The molecule has 0 radical (unpaired) electrons. The molecule has 1 saturated heterocycles. The summed E-state index contributed by atoms with van der Waals surface area (Å²) in [5.41, 5.74) is 7.66. The first kappa shape index (κ1) is 26.2. The maximum atomic E-state index is 12.0. The average molecular weight is 566 g/mol. The molecule has 0 spiro atoms. The molecule has 33 heavy (non-hydrogen) atoms. The van der Waals surface area contributed by atoms with E-state index in [0.717, 1.165) is 49.1 Å². The number of primary amides is 1. The molecule has 0 aliphatic carbocycles. The van der Waals surface area contributed by atoms with Crippen molar-refractivity contribution in [1.29, 1.82) is 0 Å². The van der Waals surface area contributed by atoms with Crippen molar-refractivity contribution in [3.8, 4) is 5.75 Å². The molecular formula is C23H31IN6O3. The number of halogens is 1. The van der Waals surface area contributed by atoms with Crippen LogP contribution in [0.3, 0.4) is 0 Å². The van der Waals surface area contributed by atoms with Gasteiger partial charge in [0.1, 0.15) is 5.75 Å². The van der Waals surface area contributed by atoms with Crippen molar-refractivity contribution >= 4 is 47.4 Å². The number of nitrogens with one attached hydrogen (secondary N) is 2. The van der Waals surface area contributed by atoms with Gasteiger partial charge in [0.25, 0.3) is 5.91 Å². The standard InChI is InChI=1S/C23H30N6O3.HI/c1-25-23(27-15-17-7-9-18(10-8-17)22(31)26-16-21(24)30)29-13-11-28(12-14-29)19-5-3-4-6-20(19)32-2;/h3-10H,11-16H2,1-2H3,(H2,24,30)(H,25,27)(H,26,31);1H. The number of nitrogens with zero attached hydrogens (tertiary/aromatic N) is 3. The van der Waals surface area contributed by atoms with E-state index in [4.69, 9.17) is 10.5 Å². The lowest BCUT2D eigenvalue weighted by atomic mass is 10.1. The highest BCUT2D eigenvalue weighted by Gasteiger charge is 2.21. The summed E-state index contributed by atoms with van der Waals surface area (Å²) < 4.78 is 5.49. The molecule has 0 atom stereocenters. The van der Waals surface area contributed by atoms with E-state index in [1.807, 2.05) is 30.3 Å². The van der Waals surface area contributed by atoms with Gasteiger partial charge in [0.2, 0.25) is 5.91 Å². The number of aliphatic imine (C=N–C) groups is 1. The SMILES string of the molecule is CN=C(NCc1ccc(C(=O)NCC(N)=O)cc1)N1CCN(c2ccccc2OC)CC1.I. The minimum absolute atomic E-state index is 0. The van der Waals surface area contributed by atoms with Crippen LogP contribution in [0.15, 0.2) is 53.5 Å². The zero-order valence-corrected chi connectivity index (χ0v) is 21.2. The van der Waals surface area contributed by atoms with Crippen LogP contribution in [0.4, 0.5) is 5.69 Å². The Bertz CT molecular complexity index is 959. The van der Waals surface area contributed by atoms with Crippen LogP contribution < -0.4 is 26.0 Å². The molecule has 178 valence electrons. The predicted octanol–water partition coefficient (Wildman–Crippen LogP) is 1.43. The molecule has 0 saturated carbocycles. The molecule has 1 fully saturated rings. The summed E-state index contributed by atoms with van der Waals surface area (Å²) in [4.78, 5) is 31.8. The van der Waals surface area contributed by atoms with Gasteiger partial charge in [-0.1, -0.05) is 24.3 Å². The van der Waals surface area contributed by atoms with Crippen molar-refractivity contribution in [2.45, 2.75) is 6.54 Å². The van der Waals surface area contributed by atoms with Crippen LogP contribution in [0.5, 0.6) is 5.75 Å². The lowest BCUT2D eigenvalue weighted by molar-refractivity contribution is -0.117. The number of carbonyl (C=O) groups is 2. The molecule has 1 aliphatic heterocycles. The largest absolute Gasteiger partial charge is 0.495 e. The maximum absolute atomic E-state index is 12.0. The maximum Gasteiger partial charge on any atom is 0.251 e. The molecule has 3 rings (SSSR count). The molecule has 0 unspecified atom stereocenters. The summed E-state index contributed by atoms with van der Waals surface area (Å²) in [6.07, 6.45) is 0. The number of benzene rings is 2. The first-order chi connectivity index (χ1) is 15.5. The van der Waals surface area contributed by atoms with Gasteiger partial charge in [-0.3, -0.25) is 14.6 Å². The van der Waals surface area contributed by atoms with Gasteiger partial charge in [0.15, 0.2) is 5.96 Å². The third kappa shape index (κ3) is 7.24. The van der Waals surface area contributed by atoms with Gasteiger partial charge in [-0.05, 0) is 29.8 Å². The number of hydrogen-bond acceptors (Lipinski definition) is 5. The molecule has 2 amide bonds. The third-order valence-electron chi connectivity index (χ3n) is 5.31. The second kappa shape index (κ2) is 12.9. The van der Waals surface area contributed by atoms with E-state index in [-0.39, 0.29) is 36.4 Å².